The number of carbonyl (C=O) groups excluding carboxylic acids is 1. The molecule has 1 unspecified atom stereocenters. The molecule has 1 aromatic carbocycles. The number of hydrogen-bond donors (Lipinski definition) is 1. The number of pyridine rings is 1. The topological polar surface area (TPSA) is 55.6 Å². The van der Waals surface area contributed by atoms with Crippen LogP contribution in [0.4, 0.5) is 5.82 Å². The van der Waals surface area contributed by atoms with Crippen LogP contribution in [0.3, 0.4) is 0 Å². The number of aromatic nitrogens is 2. The number of esters is 1. The van der Waals surface area contributed by atoms with Gasteiger partial charge >= 0.3 is 5.97 Å². The number of fused-ring (bicyclic) bond motifs is 1. The van der Waals surface area contributed by atoms with Gasteiger partial charge in [-0.3, -0.25) is 9.20 Å². The van der Waals surface area contributed by atoms with Crippen molar-refractivity contribution in [2.24, 2.45) is 0 Å². The van der Waals surface area contributed by atoms with Gasteiger partial charge in [0, 0.05) is 12.1 Å². The molecule has 1 N–H and O–H groups in total. The standard InChI is InChI=1S/C19H20ClN3O2/c1-3-25-17(24)11-21-19-18(13(2)14-7-5-4-6-8-14)22-16-10-9-15(20)12-23(16)19/h4-10,12-13,21H,3,11H2,1-2H3. The van der Waals surface area contributed by atoms with Gasteiger partial charge in [0.25, 0.3) is 0 Å². The van der Waals surface area contributed by atoms with Crippen molar-refractivity contribution >= 4 is 29.0 Å². The van der Waals surface area contributed by atoms with Crippen molar-refractivity contribution in [2.45, 2.75) is 19.8 Å². The average molecular weight is 358 g/mol. The molecule has 5 nitrogen and oxygen atoms in total. The Kier molecular flexibility index (Phi) is 5.24. The van der Waals surface area contributed by atoms with Gasteiger partial charge in [-0.05, 0) is 24.6 Å². The molecule has 0 aliphatic heterocycles. The molecule has 2 aromatic heterocycles. The fraction of sp³-hybridized carbons (Fsp3) is 0.263. The summed E-state index contributed by atoms with van der Waals surface area (Å²) in [7, 11) is 0. The lowest BCUT2D eigenvalue weighted by atomic mass is 9.98. The summed E-state index contributed by atoms with van der Waals surface area (Å²) in [5.41, 5.74) is 2.78. The van der Waals surface area contributed by atoms with E-state index in [-0.39, 0.29) is 18.4 Å². The summed E-state index contributed by atoms with van der Waals surface area (Å²) in [6, 6.07) is 13.8. The molecule has 0 spiro atoms. The first-order valence-corrected chi connectivity index (χ1v) is 8.60. The van der Waals surface area contributed by atoms with E-state index in [0.29, 0.717) is 11.6 Å². The van der Waals surface area contributed by atoms with Crippen LogP contribution in [0.1, 0.15) is 31.0 Å². The van der Waals surface area contributed by atoms with Crippen LogP contribution in [0.2, 0.25) is 5.02 Å². The van der Waals surface area contributed by atoms with Crippen LogP contribution in [0.5, 0.6) is 0 Å². The Bertz CT molecular complexity index is 877. The van der Waals surface area contributed by atoms with Gasteiger partial charge in [0.05, 0.1) is 17.3 Å². The highest BCUT2D eigenvalue weighted by atomic mass is 35.5. The van der Waals surface area contributed by atoms with Crippen LogP contribution >= 0.6 is 11.6 Å². The Morgan fingerprint density at radius 1 is 1.28 bits per heavy atom. The van der Waals surface area contributed by atoms with Crippen LogP contribution in [0, 0.1) is 0 Å². The quantitative estimate of drug-likeness (QED) is 0.674. The molecule has 1 atom stereocenters. The highest BCUT2D eigenvalue weighted by Crippen LogP contribution is 2.31. The van der Waals surface area contributed by atoms with Crippen molar-refractivity contribution in [1.82, 2.24) is 9.38 Å². The van der Waals surface area contributed by atoms with Crippen LogP contribution < -0.4 is 5.32 Å². The van der Waals surface area contributed by atoms with Crippen LogP contribution in [0.15, 0.2) is 48.7 Å². The van der Waals surface area contributed by atoms with Crippen molar-refractivity contribution in [3.63, 3.8) is 0 Å². The second kappa shape index (κ2) is 7.57. The summed E-state index contributed by atoms with van der Waals surface area (Å²) in [5.74, 6) is 0.504. The molecule has 0 bridgehead atoms. The van der Waals surface area contributed by atoms with Crippen LogP contribution in [-0.4, -0.2) is 28.5 Å². The van der Waals surface area contributed by atoms with Gasteiger partial charge < -0.3 is 10.1 Å². The molecular formula is C19H20ClN3O2. The number of benzene rings is 1. The number of nitrogens with one attached hydrogen (secondary N) is 1. The Hall–Kier alpha value is -2.53. The third-order valence-corrected chi connectivity index (χ3v) is 4.25. The molecule has 0 fully saturated rings. The van der Waals surface area contributed by atoms with E-state index < -0.39 is 0 Å². The maximum absolute atomic E-state index is 11.8. The van der Waals surface area contributed by atoms with E-state index in [1.807, 2.05) is 28.7 Å². The Labute approximate surface area is 151 Å². The van der Waals surface area contributed by atoms with E-state index >= 15 is 0 Å². The fourth-order valence-electron chi connectivity index (χ4n) is 2.78. The van der Waals surface area contributed by atoms with E-state index in [4.69, 9.17) is 21.3 Å². The molecule has 3 rings (SSSR count). The third-order valence-electron chi connectivity index (χ3n) is 4.02. The molecule has 0 radical (unpaired) electrons. The van der Waals surface area contributed by atoms with Gasteiger partial charge in [-0.25, -0.2) is 4.98 Å². The van der Waals surface area contributed by atoms with E-state index in [0.717, 1.165) is 22.7 Å². The van der Waals surface area contributed by atoms with Gasteiger partial charge in [-0.2, -0.15) is 0 Å². The van der Waals surface area contributed by atoms with Crippen molar-refractivity contribution in [3.05, 3.63) is 64.9 Å². The van der Waals surface area contributed by atoms with Crippen molar-refractivity contribution in [1.29, 1.82) is 0 Å². The lowest BCUT2D eigenvalue weighted by Gasteiger charge is -2.13. The summed E-state index contributed by atoms with van der Waals surface area (Å²) in [5, 5.41) is 3.77. The zero-order valence-electron chi connectivity index (χ0n) is 14.2. The molecule has 130 valence electrons. The second-order valence-electron chi connectivity index (χ2n) is 5.71. The highest BCUT2D eigenvalue weighted by molar-refractivity contribution is 6.30. The van der Waals surface area contributed by atoms with Gasteiger partial charge in [-0.1, -0.05) is 48.9 Å². The van der Waals surface area contributed by atoms with Crippen molar-refractivity contribution in [2.75, 3.05) is 18.5 Å². The number of hydrogen-bond acceptors (Lipinski definition) is 4. The maximum atomic E-state index is 11.8. The Morgan fingerprint density at radius 2 is 2.04 bits per heavy atom. The first kappa shape index (κ1) is 17.3. The molecular weight excluding hydrogens is 338 g/mol. The first-order chi connectivity index (χ1) is 12.1. The molecule has 6 heteroatoms. The predicted octanol–water partition coefficient (Wildman–Crippen LogP) is 4.11. The Morgan fingerprint density at radius 3 is 2.76 bits per heavy atom. The maximum Gasteiger partial charge on any atom is 0.325 e. The minimum Gasteiger partial charge on any atom is -0.465 e. The molecule has 3 aromatic rings. The van der Waals surface area contributed by atoms with Crippen molar-refractivity contribution < 1.29 is 9.53 Å². The Balaban J connectivity index is 2.01. The molecule has 0 saturated heterocycles. The van der Waals surface area contributed by atoms with Gasteiger partial charge in [-0.15, -0.1) is 0 Å². The van der Waals surface area contributed by atoms with E-state index in [9.17, 15) is 4.79 Å². The van der Waals surface area contributed by atoms with E-state index in [2.05, 4.69) is 24.4 Å². The minimum atomic E-state index is -0.308. The molecule has 25 heavy (non-hydrogen) atoms. The summed E-state index contributed by atoms with van der Waals surface area (Å²) in [6.45, 7) is 4.30. The number of imidazole rings is 1. The first-order valence-electron chi connectivity index (χ1n) is 8.22. The van der Waals surface area contributed by atoms with Crippen LogP contribution in [-0.2, 0) is 9.53 Å². The van der Waals surface area contributed by atoms with Crippen LogP contribution in [0.25, 0.3) is 5.65 Å². The predicted molar refractivity (Wildman–Crippen MR) is 99.3 cm³/mol. The number of halogens is 1. The molecule has 2 heterocycles. The number of anilines is 1. The van der Waals surface area contributed by atoms with Gasteiger partial charge in [0.15, 0.2) is 0 Å². The molecule has 0 saturated carbocycles. The van der Waals surface area contributed by atoms with Gasteiger partial charge in [0.1, 0.15) is 18.0 Å². The zero-order chi connectivity index (χ0) is 17.8. The summed E-state index contributed by atoms with van der Waals surface area (Å²) in [4.78, 5) is 16.5. The lowest BCUT2D eigenvalue weighted by molar-refractivity contribution is -0.140. The normalized spacial score (nSPS) is 12.1. The molecule has 0 amide bonds. The summed E-state index contributed by atoms with van der Waals surface area (Å²) < 4.78 is 6.88. The number of carbonyl (C=O) groups is 1. The second-order valence-corrected chi connectivity index (χ2v) is 6.15. The zero-order valence-corrected chi connectivity index (χ0v) is 15.0. The molecule has 0 aliphatic carbocycles. The fourth-order valence-corrected chi connectivity index (χ4v) is 2.94. The largest absolute Gasteiger partial charge is 0.465 e. The minimum absolute atomic E-state index is 0.0598. The smallest absolute Gasteiger partial charge is 0.325 e. The van der Waals surface area contributed by atoms with Gasteiger partial charge in [0.2, 0.25) is 0 Å². The van der Waals surface area contributed by atoms with E-state index in [1.165, 1.54) is 0 Å². The SMILES string of the molecule is CCOC(=O)CNc1c(C(C)c2ccccc2)nc2ccc(Cl)cn12. The summed E-state index contributed by atoms with van der Waals surface area (Å²) >= 11 is 6.14. The number of ether oxygens (including phenoxy) is 1. The third kappa shape index (κ3) is 3.77. The van der Waals surface area contributed by atoms with Crippen molar-refractivity contribution in [3.8, 4) is 0 Å². The number of nitrogens with zero attached hydrogens (tertiary/aromatic N) is 2. The highest BCUT2D eigenvalue weighted by Gasteiger charge is 2.20. The van der Waals surface area contributed by atoms with E-state index in [1.54, 1.807) is 19.2 Å². The lowest BCUT2D eigenvalue weighted by Crippen LogP contribution is -2.18. The summed E-state index contributed by atoms with van der Waals surface area (Å²) in [6.07, 6.45) is 1.79. The number of rotatable bonds is 6. The monoisotopic (exact) mass is 357 g/mol. The molecule has 0 aliphatic rings. The average Bonchev–Trinajstić information content (AvgIpc) is 2.98.